The van der Waals surface area contributed by atoms with Gasteiger partial charge in [-0.2, -0.15) is 18.2 Å². The largest absolute Gasteiger partial charge is 0.416 e. The number of hydrogen-bond donors (Lipinski definition) is 2. The molecule has 27 heavy (non-hydrogen) atoms. The van der Waals surface area contributed by atoms with E-state index in [0.29, 0.717) is 11.5 Å². The van der Waals surface area contributed by atoms with Gasteiger partial charge >= 0.3 is 6.18 Å². The number of nitrogens with zero attached hydrogens (tertiary/aromatic N) is 3. The maximum Gasteiger partial charge on any atom is 0.416 e. The van der Waals surface area contributed by atoms with Crippen LogP contribution in [-0.4, -0.2) is 24.1 Å². The van der Waals surface area contributed by atoms with E-state index < -0.39 is 11.7 Å². The van der Waals surface area contributed by atoms with Gasteiger partial charge < -0.3 is 15.5 Å². The molecular formula is C19H18F3N5. The lowest BCUT2D eigenvalue weighted by Gasteiger charge is -2.13. The first-order valence-corrected chi connectivity index (χ1v) is 8.13. The molecule has 0 atom stereocenters. The molecule has 1 heterocycles. The number of rotatable bonds is 5. The number of halogens is 3. The van der Waals surface area contributed by atoms with Crippen molar-refractivity contribution in [2.75, 3.05) is 29.6 Å². The molecule has 0 unspecified atom stereocenters. The molecule has 0 aliphatic heterocycles. The van der Waals surface area contributed by atoms with Gasteiger partial charge in [0.25, 0.3) is 0 Å². The minimum absolute atomic E-state index is 0.282. The Labute approximate surface area is 154 Å². The van der Waals surface area contributed by atoms with Gasteiger partial charge in [0, 0.05) is 37.4 Å². The average Bonchev–Trinajstić information content (AvgIpc) is 2.62. The minimum Gasteiger partial charge on any atom is -0.378 e. The molecule has 0 bridgehead atoms. The van der Waals surface area contributed by atoms with Crippen molar-refractivity contribution in [1.29, 1.82) is 0 Å². The molecule has 0 amide bonds. The summed E-state index contributed by atoms with van der Waals surface area (Å²) in [6.45, 7) is 0. The molecule has 2 N–H and O–H groups in total. The van der Waals surface area contributed by atoms with E-state index in [1.165, 1.54) is 12.1 Å². The fraction of sp³-hybridized carbons (Fsp3) is 0.158. The van der Waals surface area contributed by atoms with E-state index in [1.54, 1.807) is 12.3 Å². The Hall–Kier alpha value is -3.29. The second-order valence-corrected chi connectivity index (χ2v) is 6.03. The van der Waals surface area contributed by atoms with E-state index in [4.69, 9.17) is 0 Å². The van der Waals surface area contributed by atoms with Gasteiger partial charge in [0.1, 0.15) is 5.82 Å². The van der Waals surface area contributed by atoms with Crippen molar-refractivity contribution >= 4 is 28.8 Å². The summed E-state index contributed by atoms with van der Waals surface area (Å²) in [4.78, 5) is 10.4. The maximum atomic E-state index is 12.6. The molecule has 0 aliphatic rings. The van der Waals surface area contributed by atoms with E-state index in [1.807, 2.05) is 43.3 Å². The summed E-state index contributed by atoms with van der Waals surface area (Å²) in [7, 11) is 3.93. The van der Waals surface area contributed by atoms with Crippen LogP contribution in [0.5, 0.6) is 0 Å². The average molecular weight is 373 g/mol. The molecule has 1 aromatic heterocycles. The molecule has 0 spiro atoms. The maximum absolute atomic E-state index is 12.6. The van der Waals surface area contributed by atoms with Gasteiger partial charge in [0.2, 0.25) is 5.95 Å². The van der Waals surface area contributed by atoms with Crippen molar-refractivity contribution in [1.82, 2.24) is 9.97 Å². The Morgan fingerprint density at radius 2 is 1.41 bits per heavy atom. The Morgan fingerprint density at radius 1 is 0.815 bits per heavy atom. The van der Waals surface area contributed by atoms with Crippen LogP contribution in [0.4, 0.5) is 42.0 Å². The summed E-state index contributed by atoms with van der Waals surface area (Å²) in [6, 6.07) is 14.2. The monoisotopic (exact) mass is 373 g/mol. The summed E-state index contributed by atoms with van der Waals surface area (Å²) in [5.41, 5.74) is 1.70. The van der Waals surface area contributed by atoms with Crippen molar-refractivity contribution in [3.63, 3.8) is 0 Å². The van der Waals surface area contributed by atoms with Crippen molar-refractivity contribution in [2.45, 2.75) is 6.18 Å². The molecular weight excluding hydrogens is 355 g/mol. The third kappa shape index (κ3) is 4.87. The molecule has 0 radical (unpaired) electrons. The van der Waals surface area contributed by atoms with Crippen LogP contribution in [0.15, 0.2) is 60.8 Å². The lowest BCUT2D eigenvalue weighted by atomic mass is 10.2. The van der Waals surface area contributed by atoms with Gasteiger partial charge in [-0.15, -0.1) is 0 Å². The van der Waals surface area contributed by atoms with Gasteiger partial charge in [0.05, 0.1) is 5.56 Å². The number of nitrogens with one attached hydrogen (secondary N) is 2. The van der Waals surface area contributed by atoms with Gasteiger partial charge in [-0.05, 0) is 54.6 Å². The minimum atomic E-state index is -4.36. The molecule has 0 saturated heterocycles. The Morgan fingerprint density at radius 3 is 2.00 bits per heavy atom. The predicted molar refractivity (Wildman–Crippen MR) is 101 cm³/mol. The Kier molecular flexibility index (Phi) is 5.16. The molecule has 2 aromatic carbocycles. The highest BCUT2D eigenvalue weighted by Crippen LogP contribution is 2.30. The standard InChI is InChI=1S/C19H18F3N5/c1-27(2)16-9-7-14(8-10-16)24-17-11-12-23-18(26-17)25-15-5-3-13(4-6-15)19(20,21)22/h3-12H,1-2H3,(H2,23,24,25,26). The zero-order valence-electron chi connectivity index (χ0n) is 14.7. The van der Waals surface area contributed by atoms with Crippen molar-refractivity contribution in [2.24, 2.45) is 0 Å². The topological polar surface area (TPSA) is 53.1 Å². The number of aromatic nitrogens is 2. The Bertz CT molecular complexity index is 890. The number of benzene rings is 2. The zero-order chi connectivity index (χ0) is 19.4. The number of hydrogen-bond acceptors (Lipinski definition) is 5. The van der Waals surface area contributed by atoms with Crippen LogP contribution in [0, 0.1) is 0 Å². The van der Waals surface area contributed by atoms with Crippen LogP contribution in [0.25, 0.3) is 0 Å². The highest BCUT2D eigenvalue weighted by atomic mass is 19.4. The van der Waals surface area contributed by atoms with Crippen LogP contribution < -0.4 is 15.5 Å². The normalized spacial score (nSPS) is 11.1. The smallest absolute Gasteiger partial charge is 0.378 e. The fourth-order valence-corrected chi connectivity index (χ4v) is 2.35. The third-order valence-corrected chi connectivity index (χ3v) is 3.78. The third-order valence-electron chi connectivity index (χ3n) is 3.78. The zero-order valence-corrected chi connectivity index (χ0v) is 14.7. The molecule has 140 valence electrons. The molecule has 0 saturated carbocycles. The summed E-state index contributed by atoms with van der Waals surface area (Å²) < 4.78 is 37.9. The van der Waals surface area contributed by atoms with Crippen molar-refractivity contribution in [3.8, 4) is 0 Å². The second kappa shape index (κ2) is 7.53. The molecule has 0 aliphatic carbocycles. The fourth-order valence-electron chi connectivity index (χ4n) is 2.35. The highest BCUT2D eigenvalue weighted by molar-refractivity contribution is 5.62. The van der Waals surface area contributed by atoms with Crippen LogP contribution in [0.2, 0.25) is 0 Å². The van der Waals surface area contributed by atoms with E-state index in [-0.39, 0.29) is 5.95 Å². The predicted octanol–water partition coefficient (Wildman–Crippen LogP) is 5.05. The van der Waals surface area contributed by atoms with Crippen LogP contribution in [0.1, 0.15) is 5.56 Å². The van der Waals surface area contributed by atoms with Gasteiger partial charge in [-0.1, -0.05) is 0 Å². The first kappa shape index (κ1) is 18.5. The summed E-state index contributed by atoms with van der Waals surface area (Å²) in [6.07, 6.45) is -2.79. The molecule has 3 aromatic rings. The molecule has 5 nitrogen and oxygen atoms in total. The second-order valence-electron chi connectivity index (χ2n) is 6.03. The highest BCUT2D eigenvalue weighted by Gasteiger charge is 2.29. The lowest BCUT2D eigenvalue weighted by Crippen LogP contribution is -2.08. The van der Waals surface area contributed by atoms with E-state index >= 15 is 0 Å². The molecule has 3 rings (SSSR count). The number of alkyl halides is 3. The molecule has 8 heteroatoms. The van der Waals surface area contributed by atoms with Crippen LogP contribution >= 0.6 is 0 Å². The quantitative estimate of drug-likeness (QED) is 0.656. The summed E-state index contributed by atoms with van der Waals surface area (Å²) >= 11 is 0. The van der Waals surface area contributed by atoms with Crippen LogP contribution in [0.3, 0.4) is 0 Å². The Balaban J connectivity index is 1.70. The summed E-state index contributed by atoms with van der Waals surface area (Å²) in [5.74, 6) is 0.849. The van der Waals surface area contributed by atoms with E-state index in [2.05, 4.69) is 20.6 Å². The first-order valence-electron chi connectivity index (χ1n) is 8.13. The molecule has 0 fully saturated rings. The lowest BCUT2D eigenvalue weighted by molar-refractivity contribution is -0.137. The SMILES string of the molecule is CN(C)c1ccc(Nc2ccnc(Nc3ccc(C(F)(F)F)cc3)n2)cc1. The van der Waals surface area contributed by atoms with Crippen molar-refractivity contribution in [3.05, 3.63) is 66.4 Å². The van der Waals surface area contributed by atoms with Crippen molar-refractivity contribution < 1.29 is 13.2 Å². The van der Waals surface area contributed by atoms with Gasteiger partial charge in [-0.25, -0.2) is 4.98 Å². The van der Waals surface area contributed by atoms with Gasteiger partial charge in [0.15, 0.2) is 0 Å². The van der Waals surface area contributed by atoms with Gasteiger partial charge in [-0.3, -0.25) is 0 Å². The summed E-state index contributed by atoms with van der Waals surface area (Å²) in [5, 5.41) is 6.06. The van der Waals surface area contributed by atoms with E-state index in [0.717, 1.165) is 23.5 Å². The van der Waals surface area contributed by atoms with Crippen LogP contribution in [-0.2, 0) is 6.18 Å². The number of anilines is 5. The first-order chi connectivity index (χ1) is 12.8. The van der Waals surface area contributed by atoms with E-state index in [9.17, 15) is 13.2 Å².